The number of ether oxygens (including phenoxy) is 1. The van der Waals surface area contributed by atoms with Gasteiger partial charge in [0.15, 0.2) is 5.82 Å². The largest absolute Gasteiger partial charge is 0.380 e. The molecular formula is C15H24N6O2. The van der Waals surface area contributed by atoms with Gasteiger partial charge in [0, 0.05) is 45.0 Å². The number of likely N-dealkylation sites (tertiary alicyclic amines) is 1. The second-order valence-corrected chi connectivity index (χ2v) is 5.87. The lowest BCUT2D eigenvalue weighted by Gasteiger charge is -2.22. The van der Waals surface area contributed by atoms with Crippen LogP contribution in [0.5, 0.6) is 0 Å². The highest BCUT2D eigenvalue weighted by Gasteiger charge is 2.36. The summed E-state index contributed by atoms with van der Waals surface area (Å²) < 4.78 is 9.17. The third kappa shape index (κ3) is 3.09. The first-order valence-electron chi connectivity index (χ1n) is 8.09. The molecule has 2 atom stereocenters. The number of aromatic nitrogens is 5. The lowest BCUT2D eigenvalue weighted by Crippen LogP contribution is -2.28. The van der Waals surface area contributed by atoms with E-state index >= 15 is 0 Å². The molecule has 0 amide bonds. The number of aromatic amines is 1. The predicted molar refractivity (Wildman–Crippen MR) is 85.0 cm³/mol. The second-order valence-electron chi connectivity index (χ2n) is 5.87. The van der Waals surface area contributed by atoms with Crippen molar-refractivity contribution in [3.05, 3.63) is 34.3 Å². The Morgan fingerprint density at radius 3 is 2.87 bits per heavy atom. The van der Waals surface area contributed by atoms with E-state index in [4.69, 9.17) is 4.74 Å². The summed E-state index contributed by atoms with van der Waals surface area (Å²) in [5.74, 6) is 0.792. The van der Waals surface area contributed by atoms with Crippen molar-refractivity contribution in [2.24, 2.45) is 0 Å². The standard InChI is InChI=1S/C15H24N6O2/c1-4-20-9-11(7-16-20)8-19-10-12(23-3)6-13(19)14-17-18-15(22)21(14)5-2/h7,9,12-13H,4-6,8,10H2,1-3H3,(H,18,22)/t12-,13-/m0/s1. The maximum Gasteiger partial charge on any atom is 0.343 e. The summed E-state index contributed by atoms with van der Waals surface area (Å²) in [5, 5.41) is 11.2. The van der Waals surface area contributed by atoms with Crippen molar-refractivity contribution in [1.82, 2.24) is 29.4 Å². The Kier molecular flexibility index (Phi) is 4.63. The Morgan fingerprint density at radius 2 is 2.22 bits per heavy atom. The summed E-state index contributed by atoms with van der Waals surface area (Å²) >= 11 is 0. The predicted octanol–water partition coefficient (Wildman–Crippen LogP) is 0.770. The van der Waals surface area contributed by atoms with Crippen molar-refractivity contribution in [2.75, 3.05) is 13.7 Å². The smallest absolute Gasteiger partial charge is 0.343 e. The van der Waals surface area contributed by atoms with Crippen LogP contribution in [0.2, 0.25) is 0 Å². The van der Waals surface area contributed by atoms with Gasteiger partial charge in [-0.2, -0.15) is 10.2 Å². The summed E-state index contributed by atoms with van der Waals surface area (Å²) in [6, 6.07) is 0.0730. The van der Waals surface area contributed by atoms with Gasteiger partial charge in [0.1, 0.15) is 0 Å². The molecule has 1 N–H and O–H groups in total. The molecular weight excluding hydrogens is 296 g/mol. The van der Waals surface area contributed by atoms with Gasteiger partial charge >= 0.3 is 5.69 Å². The number of nitrogens with zero attached hydrogens (tertiary/aromatic N) is 5. The summed E-state index contributed by atoms with van der Waals surface area (Å²) in [4.78, 5) is 14.2. The van der Waals surface area contributed by atoms with E-state index in [1.807, 2.05) is 17.8 Å². The molecule has 0 unspecified atom stereocenters. The van der Waals surface area contributed by atoms with Gasteiger partial charge in [-0.25, -0.2) is 9.89 Å². The van der Waals surface area contributed by atoms with Crippen LogP contribution in [-0.4, -0.2) is 49.2 Å². The third-order valence-electron chi connectivity index (χ3n) is 4.50. The fraction of sp³-hybridized carbons (Fsp3) is 0.667. The van der Waals surface area contributed by atoms with Crippen molar-refractivity contribution < 1.29 is 4.74 Å². The number of H-pyrrole nitrogens is 1. The van der Waals surface area contributed by atoms with Gasteiger partial charge < -0.3 is 4.74 Å². The number of methoxy groups -OCH3 is 1. The zero-order chi connectivity index (χ0) is 16.4. The molecule has 0 spiro atoms. The van der Waals surface area contributed by atoms with Crippen LogP contribution in [0.3, 0.4) is 0 Å². The molecule has 1 aliphatic heterocycles. The molecule has 0 saturated carbocycles. The highest BCUT2D eigenvalue weighted by atomic mass is 16.5. The van der Waals surface area contributed by atoms with Crippen LogP contribution in [0.4, 0.5) is 0 Å². The molecule has 3 heterocycles. The fourth-order valence-electron chi connectivity index (χ4n) is 3.26. The summed E-state index contributed by atoms with van der Waals surface area (Å²) in [6.07, 6.45) is 4.95. The Hall–Kier alpha value is -1.93. The Labute approximate surface area is 135 Å². The van der Waals surface area contributed by atoms with Crippen molar-refractivity contribution in [3.8, 4) is 0 Å². The van der Waals surface area contributed by atoms with Gasteiger partial charge in [0.2, 0.25) is 0 Å². The molecule has 0 radical (unpaired) electrons. The lowest BCUT2D eigenvalue weighted by atomic mass is 10.1. The quantitative estimate of drug-likeness (QED) is 0.850. The first kappa shape index (κ1) is 15.9. The maximum atomic E-state index is 11.9. The summed E-state index contributed by atoms with van der Waals surface area (Å²) in [5.41, 5.74) is 1.01. The Morgan fingerprint density at radius 1 is 1.39 bits per heavy atom. The fourth-order valence-corrected chi connectivity index (χ4v) is 3.26. The van der Waals surface area contributed by atoms with E-state index < -0.39 is 0 Å². The highest BCUT2D eigenvalue weighted by Crippen LogP contribution is 2.33. The topological polar surface area (TPSA) is 81.0 Å². The van der Waals surface area contributed by atoms with E-state index in [9.17, 15) is 4.79 Å². The molecule has 23 heavy (non-hydrogen) atoms. The summed E-state index contributed by atoms with van der Waals surface area (Å²) in [7, 11) is 1.73. The lowest BCUT2D eigenvalue weighted by molar-refractivity contribution is 0.107. The first-order valence-corrected chi connectivity index (χ1v) is 8.09. The first-order chi connectivity index (χ1) is 11.2. The van der Waals surface area contributed by atoms with Gasteiger partial charge in [0.05, 0.1) is 18.3 Å². The van der Waals surface area contributed by atoms with E-state index in [0.29, 0.717) is 6.54 Å². The third-order valence-corrected chi connectivity index (χ3v) is 4.50. The van der Waals surface area contributed by atoms with Crippen LogP contribution in [0.15, 0.2) is 17.2 Å². The zero-order valence-electron chi connectivity index (χ0n) is 13.9. The molecule has 126 valence electrons. The van der Waals surface area contributed by atoms with E-state index in [2.05, 4.69) is 33.3 Å². The molecule has 1 saturated heterocycles. The van der Waals surface area contributed by atoms with Crippen LogP contribution >= 0.6 is 0 Å². The van der Waals surface area contributed by atoms with Crippen molar-refractivity contribution in [3.63, 3.8) is 0 Å². The van der Waals surface area contributed by atoms with E-state index in [-0.39, 0.29) is 17.8 Å². The van der Waals surface area contributed by atoms with Crippen molar-refractivity contribution >= 4 is 0 Å². The molecule has 8 nitrogen and oxygen atoms in total. The average Bonchev–Trinajstić information content (AvgIpc) is 3.25. The molecule has 2 aromatic heterocycles. The van der Waals surface area contributed by atoms with Crippen LogP contribution in [0, 0.1) is 0 Å². The van der Waals surface area contributed by atoms with Gasteiger partial charge in [0.25, 0.3) is 0 Å². The van der Waals surface area contributed by atoms with Gasteiger partial charge in [-0.15, -0.1) is 0 Å². The Bertz CT molecular complexity index is 703. The molecule has 0 aliphatic carbocycles. The number of rotatable bonds is 6. The van der Waals surface area contributed by atoms with Crippen molar-refractivity contribution in [1.29, 1.82) is 0 Å². The maximum absolute atomic E-state index is 11.9. The number of hydrogen-bond acceptors (Lipinski definition) is 5. The minimum absolute atomic E-state index is 0.0730. The minimum atomic E-state index is -0.151. The molecule has 0 bridgehead atoms. The molecule has 3 rings (SSSR count). The monoisotopic (exact) mass is 320 g/mol. The molecule has 0 aromatic carbocycles. The van der Waals surface area contributed by atoms with Gasteiger partial charge in [-0.05, 0) is 20.3 Å². The summed E-state index contributed by atoms with van der Waals surface area (Å²) in [6.45, 7) is 7.09. The number of aryl methyl sites for hydroxylation is 1. The van der Waals surface area contributed by atoms with Gasteiger partial charge in [-0.3, -0.25) is 14.1 Å². The van der Waals surface area contributed by atoms with Crippen molar-refractivity contribution in [2.45, 2.75) is 52.0 Å². The highest BCUT2D eigenvalue weighted by molar-refractivity contribution is 5.08. The minimum Gasteiger partial charge on any atom is -0.380 e. The molecule has 8 heteroatoms. The van der Waals surface area contributed by atoms with E-state index in [1.165, 1.54) is 0 Å². The second kappa shape index (κ2) is 6.67. The zero-order valence-corrected chi connectivity index (χ0v) is 13.9. The number of hydrogen-bond donors (Lipinski definition) is 1. The van der Waals surface area contributed by atoms with Crippen LogP contribution in [0.1, 0.15) is 37.7 Å². The SMILES string of the molecule is CCn1cc(CN2C[C@@H](OC)C[C@H]2c2n[nH]c(=O)n2CC)cn1. The van der Waals surface area contributed by atoms with E-state index in [0.717, 1.165) is 37.4 Å². The van der Waals surface area contributed by atoms with Crippen LogP contribution in [0.25, 0.3) is 0 Å². The van der Waals surface area contributed by atoms with Gasteiger partial charge in [-0.1, -0.05) is 0 Å². The molecule has 2 aromatic rings. The molecule has 1 aliphatic rings. The van der Waals surface area contributed by atoms with Crippen LogP contribution in [-0.2, 0) is 24.4 Å². The van der Waals surface area contributed by atoms with Crippen LogP contribution < -0.4 is 5.69 Å². The molecule has 1 fully saturated rings. The average molecular weight is 320 g/mol. The van der Waals surface area contributed by atoms with E-state index in [1.54, 1.807) is 11.7 Å². The normalized spacial score (nSPS) is 22.0. The number of nitrogens with one attached hydrogen (secondary N) is 1. The Balaban J connectivity index is 1.85.